The Labute approximate surface area is 94.9 Å². The maximum atomic E-state index is 11.4. The molecule has 1 aliphatic rings. The van der Waals surface area contributed by atoms with Gasteiger partial charge in [0.05, 0.1) is 13.7 Å². The molecule has 6 heteroatoms. The van der Waals surface area contributed by atoms with E-state index in [1.807, 2.05) is 0 Å². The second kappa shape index (κ2) is 6.19. The largest absolute Gasteiger partial charge is 0.453 e. The number of likely N-dealkylation sites (tertiary alicyclic amines) is 1. The molecule has 0 bridgehead atoms. The lowest BCUT2D eigenvalue weighted by atomic mass is 10.1. The van der Waals surface area contributed by atoms with Gasteiger partial charge < -0.3 is 19.7 Å². The lowest BCUT2D eigenvalue weighted by Gasteiger charge is -2.31. The number of nitrogens with one attached hydrogen (secondary N) is 1. The van der Waals surface area contributed by atoms with E-state index in [2.05, 4.69) is 10.1 Å². The minimum atomic E-state index is -0.422. The summed E-state index contributed by atoms with van der Waals surface area (Å²) < 4.78 is 9.40. The van der Waals surface area contributed by atoms with Crippen LogP contribution in [0.3, 0.4) is 0 Å². The first-order chi connectivity index (χ1) is 7.67. The summed E-state index contributed by atoms with van der Waals surface area (Å²) in [6.45, 7) is 3.38. The summed E-state index contributed by atoms with van der Waals surface area (Å²) in [5, 5.41) is 2.72. The van der Waals surface area contributed by atoms with Gasteiger partial charge in [-0.3, -0.25) is 0 Å². The number of amides is 2. The van der Waals surface area contributed by atoms with Crippen molar-refractivity contribution in [3.05, 3.63) is 0 Å². The van der Waals surface area contributed by atoms with Crippen molar-refractivity contribution in [1.29, 1.82) is 0 Å². The van der Waals surface area contributed by atoms with Gasteiger partial charge >= 0.3 is 12.2 Å². The molecule has 1 heterocycles. The summed E-state index contributed by atoms with van der Waals surface area (Å²) in [5.74, 6) is 0. The molecular weight excluding hydrogens is 212 g/mol. The number of methoxy groups -OCH3 is 1. The third-order valence-electron chi connectivity index (χ3n) is 2.53. The minimum Gasteiger partial charge on any atom is -0.453 e. The fraction of sp³-hybridized carbons (Fsp3) is 0.800. The number of piperidine rings is 1. The Bertz CT molecular complexity index is 249. The third-order valence-corrected chi connectivity index (χ3v) is 2.53. The van der Waals surface area contributed by atoms with Crippen molar-refractivity contribution in [3.8, 4) is 0 Å². The normalized spacial score (nSPS) is 16.8. The monoisotopic (exact) mass is 230 g/mol. The van der Waals surface area contributed by atoms with Crippen molar-refractivity contribution < 1.29 is 19.1 Å². The highest BCUT2D eigenvalue weighted by Gasteiger charge is 2.24. The van der Waals surface area contributed by atoms with E-state index in [4.69, 9.17) is 4.74 Å². The van der Waals surface area contributed by atoms with Gasteiger partial charge in [0.2, 0.25) is 0 Å². The number of rotatable bonds is 2. The van der Waals surface area contributed by atoms with Crippen LogP contribution in [0, 0.1) is 0 Å². The van der Waals surface area contributed by atoms with Gasteiger partial charge in [-0.1, -0.05) is 0 Å². The van der Waals surface area contributed by atoms with Crippen LogP contribution in [0.2, 0.25) is 0 Å². The lowest BCUT2D eigenvalue weighted by Crippen LogP contribution is -2.46. The number of nitrogens with zero attached hydrogens (tertiary/aromatic N) is 1. The topological polar surface area (TPSA) is 67.9 Å². The van der Waals surface area contributed by atoms with Crippen LogP contribution in [0.25, 0.3) is 0 Å². The van der Waals surface area contributed by atoms with Crippen molar-refractivity contribution in [2.45, 2.75) is 25.8 Å². The fourth-order valence-corrected chi connectivity index (χ4v) is 1.65. The Hall–Kier alpha value is -1.46. The number of hydrogen-bond acceptors (Lipinski definition) is 4. The molecule has 0 aromatic carbocycles. The van der Waals surface area contributed by atoms with Crippen molar-refractivity contribution in [2.75, 3.05) is 26.8 Å². The highest BCUT2D eigenvalue weighted by atomic mass is 16.6. The molecule has 0 unspecified atom stereocenters. The number of carbonyl (C=O) groups excluding carboxylic acids is 2. The van der Waals surface area contributed by atoms with Crippen LogP contribution in [-0.4, -0.2) is 49.9 Å². The van der Waals surface area contributed by atoms with E-state index in [1.54, 1.807) is 11.8 Å². The van der Waals surface area contributed by atoms with Crippen LogP contribution in [0.5, 0.6) is 0 Å². The van der Waals surface area contributed by atoms with E-state index >= 15 is 0 Å². The van der Waals surface area contributed by atoms with E-state index in [1.165, 1.54) is 7.11 Å². The molecule has 16 heavy (non-hydrogen) atoms. The van der Waals surface area contributed by atoms with E-state index in [9.17, 15) is 9.59 Å². The van der Waals surface area contributed by atoms with Gasteiger partial charge in [0, 0.05) is 19.1 Å². The van der Waals surface area contributed by atoms with Crippen LogP contribution in [0.4, 0.5) is 9.59 Å². The average Bonchev–Trinajstić information content (AvgIpc) is 2.30. The molecule has 0 saturated carbocycles. The highest BCUT2D eigenvalue weighted by molar-refractivity contribution is 5.68. The summed E-state index contributed by atoms with van der Waals surface area (Å²) in [4.78, 5) is 24.0. The second-order valence-electron chi connectivity index (χ2n) is 3.60. The van der Waals surface area contributed by atoms with Gasteiger partial charge in [0.1, 0.15) is 0 Å². The van der Waals surface area contributed by atoms with Crippen LogP contribution in [0.15, 0.2) is 0 Å². The Morgan fingerprint density at radius 1 is 1.38 bits per heavy atom. The summed E-state index contributed by atoms with van der Waals surface area (Å²) >= 11 is 0. The smallest absolute Gasteiger partial charge is 0.409 e. The molecule has 1 aliphatic heterocycles. The number of carbonyl (C=O) groups is 2. The second-order valence-corrected chi connectivity index (χ2v) is 3.60. The molecule has 0 spiro atoms. The van der Waals surface area contributed by atoms with Crippen LogP contribution >= 0.6 is 0 Å². The molecule has 92 valence electrons. The Kier molecular flexibility index (Phi) is 4.88. The van der Waals surface area contributed by atoms with Crippen LogP contribution in [0.1, 0.15) is 19.8 Å². The van der Waals surface area contributed by atoms with Gasteiger partial charge in [0.25, 0.3) is 0 Å². The SMILES string of the molecule is CCOC(=O)N1CCC(NC(=O)OC)CC1. The van der Waals surface area contributed by atoms with E-state index in [0.29, 0.717) is 19.7 Å². The average molecular weight is 230 g/mol. The molecule has 0 atom stereocenters. The van der Waals surface area contributed by atoms with Gasteiger partial charge in [-0.05, 0) is 19.8 Å². The first-order valence-corrected chi connectivity index (χ1v) is 5.43. The highest BCUT2D eigenvalue weighted by Crippen LogP contribution is 2.11. The minimum absolute atomic E-state index is 0.0816. The van der Waals surface area contributed by atoms with Gasteiger partial charge in [0.15, 0.2) is 0 Å². The predicted octanol–water partition coefficient (Wildman–Crippen LogP) is 0.963. The number of hydrogen-bond donors (Lipinski definition) is 1. The summed E-state index contributed by atoms with van der Waals surface area (Å²) in [5.41, 5.74) is 0. The lowest BCUT2D eigenvalue weighted by molar-refractivity contribution is 0.0942. The van der Waals surface area contributed by atoms with E-state index < -0.39 is 6.09 Å². The maximum absolute atomic E-state index is 11.4. The number of ether oxygens (including phenoxy) is 2. The predicted molar refractivity (Wildman–Crippen MR) is 57.2 cm³/mol. The summed E-state index contributed by atoms with van der Waals surface area (Å²) in [6.07, 6.45) is 0.760. The molecule has 1 fully saturated rings. The molecule has 1 saturated heterocycles. The van der Waals surface area contributed by atoms with E-state index in [-0.39, 0.29) is 12.1 Å². The zero-order valence-electron chi connectivity index (χ0n) is 9.69. The molecule has 1 rings (SSSR count). The molecule has 0 aromatic rings. The third kappa shape index (κ3) is 3.60. The number of alkyl carbamates (subject to hydrolysis) is 1. The first-order valence-electron chi connectivity index (χ1n) is 5.43. The summed E-state index contributed by atoms with van der Waals surface area (Å²) in [7, 11) is 1.34. The van der Waals surface area contributed by atoms with Crippen molar-refractivity contribution >= 4 is 12.2 Å². The van der Waals surface area contributed by atoms with E-state index in [0.717, 1.165) is 12.8 Å². The zero-order chi connectivity index (χ0) is 12.0. The molecule has 0 radical (unpaired) electrons. The van der Waals surface area contributed by atoms with Crippen LogP contribution < -0.4 is 5.32 Å². The Morgan fingerprint density at radius 2 is 2.00 bits per heavy atom. The Balaban J connectivity index is 2.28. The molecule has 2 amide bonds. The van der Waals surface area contributed by atoms with Gasteiger partial charge in [-0.15, -0.1) is 0 Å². The van der Waals surface area contributed by atoms with Crippen molar-refractivity contribution in [2.24, 2.45) is 0 Å². The Morgan fingerprint density at radius 3 is 2.50 bits per heavy atom. The maximum Gasteiger partial charge on any atom is 0.409 e. The van der Waals surface area contributed by atoms with Crippen molar-refractivity contribution in [1.82, 2.24) is 10.2 Å². The first kappa shape index (κ1) is 12.6. The van der Waals surface area contributed by atoms with Gasteiger partial charge in [-0.25, -0.2) is 9.59 Å². The van der Waals surface area contributed by atoms with Gasteiger partial charge in [-0.2, -0.15) is 0 Å². The van der Waals surface area contributed by atoms with Crippen molar-refractivity contribution in [3.63, 3.8) is 0 Å². The zero-order valence-corrected chi connectivity index (χ0v) is 9.69. The summed E-state index contributed by atoms with van der Waals surface area (Å²) in [6, 6.07) is 0.0816. The molecule has 6 nitrogen and oxygen atoms in total. The molecule has 0 aromatic heterocycles. The molecular formula is C10H18N2O4. The standard InChI is InChI=1S/C10H18N2O4/c1-3-16-10(14)12-6-4-8(5-7-12)11-9(13)15-2/h8H,3-7H2,1-2H3,(H,11,13). The quantitative estimate of drug-likeness (QED) is 0.767. The fourth-order valence-electron chi connectivity index (χ4n) is 1.65. The molecule has 1 N–H and O–H groups in total. The van der Waals surface area contributed by atoms with Crippen LogP contribution in [-0.2, 0) is 9.47 Å². The molecule has 0 aliphatic carbocycles.